The molecule has 0 atom stereocenters. The maximum Gasteiger partial charge on any atom is 0.148 e. The molecule has 0 saturated carbocycles. The first-order chi connectivity index (χ1) is 28.3. The summed E-state index contributed by atoms with van der Waals surface area (Å²) in [6.07, 6.45) is 1.78. The largest absolute Gasteiger partial charge is 0.507 e. The molecule has 0 saturated heterocycles. The van der Waals surface area contributed by atoms with Crippen LogP contribution >= 0.6 is 0 Å². The summed E-state index contributed by atoms with van der Waals surface area (Å²) in [5, 5.41) is 11.7. The molecule has 0 aliphatic rings. The minimum Gasteiger partial charge on any atom is -0.507 e. The van der Waals surface area contributed by atoms with E-state index in [9.17, 15) is 5.11 Å². The first kappa shape index (κ1) is 34.7. The zero-order valence-electron chi connectivity index (χ0n) is 37.3. The third-order valence-corrected chi connectivity index (χ3v) is 10.5. The number of pyridine rings is 1. The van der Waals surface area contributed by atoms with Crippen molar-refractivity contribution in [3.05, 3.63) is 167 Å². The molecule has 0 aliphatic heterocycles. The maximum atomic E-state index is 11.7. The molecule has 0 bridgehead atoms. The number of phenolic OH excluding ortho intramolecular Hbond substituents is 1. The number of aryl methyl sites for hydroxylation is 3. The molecule has 0 aliphatic carbocycles. The topological polar surface area (TPSA) is 50.9 Å². The van der Waals surface area contributed by atoms with Crippen LogP contribution in [0.4, 0.5) is 0 Å². The third-order valence-electron chi connectivity index (χ3n) is 10.5. The van der Waals surface area contributed by atoms with Crippen LogP contribution in [0.5, 0.6) is 5.75 Å². The van der Waals surface area contributed by atoms with Gasteiger partial charge >= 0.3 is 0 Å². The molecule has 8 rings (SSSR count). The molecule has 0 spiro atoms. The molecule has 2 heterocycles. The van der Waals surface area contributed by atoms with Gasteiger partial charge in [0, 0.05) is 44.1 Å². The molecule has 4 nitrogen and oxygen atoms in total. The Bertz CT molecular complexity index is 2900. The van der Waals surface area contributed by atoms with Crippen LogP contribution in [0.3, 0.4) is 0 Å². The normalized spacial score (nSPS) is 13.0. The van der Waals surface area contributed by atoms with Gasteiger partial charge in [-0.15, -0.1) is 29.3 Å². The molecule has 57 heavy (non-hydrogen) atoms. The third kappa shape index (κ3) is 7.89. The molecule has 6 aromatic carbocycles. The van der Waals surface area contributed by atoms with Crippen molar-refractivity contribution in [2.45, 2.75) is 66.6 Å². The molecule has 0 unspecified atom stereocenters. The fraction of sp³-hybridized carbons (Fsp3) is 0.192. The molecule has 0 amide bonds. The Labute approximate surface area is 357 Å². The van der Waals surface area contributed by atoms with E-state index in [0.717, 1.165) is 83.6 Å². The van der Waals surface area contributed by atoms with Crippen molar-refractivity contribution in [2.24, 2.45) is 0 Å². The summed E-state index contributed by atoms with van der Waals surface area (Å²) < 4.78 is 34.6. The van der Waals surface area contributed by atoms with Gasteiger partial charge in [-0.2, -0.15) is 0 Å². The Morgan fingerprint density at radius 1 is 0.719 bits per heavy atom. The number of aromatic nitrogens is 3. The van der Waals surface area contributed by atoms with Gasteiger partial charge in [-0.3, -0.25) is 9.55 Å². The monoisotopic (exact) mass is 929 g/mol. The second-order valence-electron chi connectivity index (χ2n) is 16.0. The Hall–Kier alpha value is -5.57. The van der Waals surface area contributed by atoms with Crippen molar-refractivity contribution in [1.82, 2.24) is 14.5 Å². The molecule has 1 N–H and O–H groups in total. The summed E-state index contributed by atoms with van der Waals surface area (Å²) in [5.41, 5.74) is 13.9. The van der Waals surface area contributed by atoms with Gasteiger partial charge in [-0.1, -0.05) is 136 Å². The van der Waals surface area contributed by atoms with E-state index in [1.54, 1.807) is 18.3 Å². The van der Waals surface area contributed by atoms with Crippen LogP contribution in [0.2, 0.25) is 0 Å². The first-order valence-corrected chi connectivity index (χ1v) is 19.0. The van der Waals surface area contributed by atoms with Gasteiger partial charge in [0.05, 0.1) is 16.6 Å². The summed E-state index contributed by atoms with van der Waals surface area (Å²) in [7, 11) is 0. The molecular weight excluding hydrogens is 878 g/mol. The quantitative estimate of drug-likeness (QED) is 0.162. The molecule has 2 aromatic heterocycles. The van der Waals surface area contributed by atoms with E-state index in [0.29, 0.717) is 17.0 Å². The van der Waals surface area contributed by atoms with Crippen LogP contribution in [0.25, 0.3) is 72.7 Å². The number of imidazole rings is 1. The van der Waals surface area contributed by atoms with Gasteiger partial charge in [-0.25, -0.2) is 4.98 Å². The summed E-state index contributed by atoms with van der Waals surface area (Å²) >= 11 is 0. The van der Waals surface area contributed by atoms with Crippen LogP contribution in [-0.4, -0.2) is 19.6 Å². The van der Waals surface area contributed by atoms with Gasteiger partial charge < -0.3 is 5.11 Å². The number of para-hydroxylation sites is 1. The number of phenols is 1. The summed E-state index contributed by atoms with van der Waals surface area (Å²) in [6.45, 7) is 12.1. The zero-order chi connectivity index (χ0) is 42.7. The van der Waals surface area contributed by atoms with Gasteiger partial charge in [0.25, 0.3) is 0 Å². The van der Waals surface area contributed by atoms with Crippen LogP contribution in [0.1, 0.15) is 73.8 Å². The van der Waals surface area contributed by atoms with Crippen LogP contribution in [-0.2, 0) is 26.5 Å². The van der Waals surface area contributed by atoms with Crippen LogP contribution < -0.4 is 0 Å². The molecular formula is C52H48N3OPt-. The second-order valence-corrected chi connectivity index (χ2v) is 16.0. The summed E-state index contributed by atoms with van der Waals surface area (Å²) in [6, 6.07) is 45.6. The van der Waals surface area contributed by atoms with Crippen molar-refractivity contribution in [2.75, 3.05) is 0 Å². The number of nitrogens with zero attached hydrogens (tertiary/aromatic N) is 3. The Morgan fingerprint density at radius 3 is 2.18 bits per heavy atom. The number of aromatic hydroxyl groups is 1. The molecule has 5 heteroatoms. The zero-order valence-corrected chi connectivity index (χ0v) is 35.6. The number of fused-ring (bicyclic) bond motifs is 1. The second kappa shape index (κ2) is 15.8. The summed E-state index contributed by atoms with van der Waals surface area (Å²) in [4.78, 5) is 10.2. The SMILES string of the molecule is [2H]C([2H])([2H])c1ccc(-c2ccnc(-c3[c-]c(-c4cccc5c4nc(-c4cc(C)cc(C)c4O)n5-c4cc(-c5ccccc5)cc(C([2H])(C)C)c4)cc(C(C)(C)C)c3)c2)cc1.[Pt]. The van der Waals surface area contributed by atoms with Crippen molar-refractivity contribution in [1.29, 1.82) is 0 Å². The van der Waals surface area contributed by atoms with Crippen molar-refractivity contribution < 1.29 is 31.7 Å². The number of benzene rings is 6. The molecule has 0 fully saturated rings. The fourth-order valence-electron chi connectivity index (χ4n) is 7.42. The minimum atomic E-state index is -2.17. The number of hydrogen-bond acceptors (Lipinski definition) is 3. The molecule has 288 valence electrons. The van der Waals surface area contributed by atoms with E-state index in [1.165, 1.54) is 0 Å². The number of rotatable bonds is 7. The van der Waals surface area contributed by atoms with E-state index in [-0.39, 0.29) is 32.2 Å². The van der Waals surface area contributed by atoms with Crippen LogP contribution in [0, 0.1) is 26.8 Å². The average molecular weight is 930 g/mol. The van der Waals surface area contributed by atoms with Gasteiger partial charge in [0.1, 0.15) is 11.6 Å². The average Bonchev–Trinajstić information content (AvgIpc) is 3.61. The number of hydrogen-bond donors (Lipinski definition) is 1. The van der Waals surface area contributed by atoms with Gasteiger partial charge in [-0.05, 0) is 101 Å². The Kier molecular flexibility index (Phi) is 9.58. The van der Waals surface area contributed by atoms with Crippen molar-refractivity contribution in [3.8, 4) is 67.5 Å². The summed E-state index contributed by atoms with van der Waals surface area (Å²) in [5.74, 6) is -0.137. The van der Waals surface area contributed by atoms with E-state index < -0.39 is 12.7 Å². The first-order valence-electron chi connectivity index (χ1n) is 21.0. The minimum absolute atomic E-state index is 0. The van der Waals surface area contributed by atoms with Gasteiger partial charge in [0.15, 0.2) is 0 Å². The smallest absolute Gasteiger partial charge is 0.148 e. The van der Waals surface area contributed by atoms with E-state index in [4.69, 9.17) is 15.5 Å². The van der Waals surface area contributed by atoms with Crippen molar-refractivity contribution >= 4 is 11.0 Å². The molecule has 8 aromatic rings. The van der Waals surface area contributed by atoms with Gasteiger partial charge in [0.2, 0.25) is 0 Å². The van der Waals surface area contributed by atoms with E-state index in [2.05, 4.69) is 86.0 Å². The predicted octanol–water partition coefficient (Wildman–Crippen LogP) is 13.6. The fourth-order valence-corrected chi connectivity index (χ4v) is 7.42. The predicted molar refractivity (Wildman–Crippen MR) is 234 cm³/mol. The van der Waals surface area contributed by atoms with E-state index >= 15 is 0 Å². The molecule has 0 radical (unpaired) electrons. The maximum absolute atomic E-state index is 11.7. The Balaban J connectivity index is 0.00000561. The standard InChI is InChI=1S/C52H48N3O.Pt/c1-32(2)39-25-40(36-13-10-9-11-14-36)30-44(29-39)55-48-16-12-15-45(49(48)54-51(55)46-24-34(4)23-35(5)50(46)56)41-26-42(28-43(27-41)52(6,7)8)47-31-38(21-22-53-47)37-19-17-33(3)18-20-37;/h9-25,27-32,56H,1-8H3;/q-1;/i3D3,32D;. The van der Waals surface area contributed by atoms with Crippen molar-refractivity contribution in [3.63, 3.8) is 0 Å². The Morgan fingerprint density at radius 2 is 1.46 bits per heavy atom. The van der Waals surface area contributed by atoms with Crippen LogP contribution in [0.15, 0.2) is 134 Å². The van der Waals surface area contributed by atoms with E-state index in [1.807, 2.05) is 88.4 Å².